The van der Waals surface area contributed by atoms with Crippen molar-refractivity contribution in [1.29, 1.82) is 0 Å². The lowest BCUT2D eigenvalue weighted by atomic mass is 9.95. The number of hydrogen-bond donors (Lipinski definition) is 0. The van der Waals surface area contributed by atoms with Gasteiger partial charge in [0.15, 0.2) is 0 Å². The predicted octanol–water partition coefficient (Wildman–Crippen LogP) is 2.61. The lowest BCUT2D eigenvalue weighted by Crippen LogP contribution is -2.31. The van der Waals surface area contributed by atoms with Gasteiger partial charge >= 0.3 is 8.60 Å². The molecule has 0 radical (unpaired) electrons. The van der Waals surface area contributed by atoms with Crippen molar-refractivity contribution in [2.45, 2.75) is 44.8 Å². The summed E-state index contributed by atoms with van der Waals surface area (Å²) >= 11 is 0. The fraction of sp³-hybridized carbons (Fsp3) is 1.00. The van der Waals surface area contributed by atoms with Crippen LogP contribution in [-0.4, -0.2) is 18.8 Å². The molecule has 3 nitrogen and oxygen atoms in total. The van der Waals surface area contributed by atoms with Crippen molar-refractivity contribution in [2.24, 2.45) is 0 Å². The van der Waals surface area contributed by atoms with Crippen molar-refractivity contribution in [1.82, 2.24) is 0 Å². The van der Waals surface area contributed by atoms with E-state index in [2.05, 4.69) is 0 Å². The van der Waals surface area contributed by atoms with Crippen LogP contribution in [0.5, 0.6) is 0 Å². The topological polar surface area (TPSA) is 27.7 Å². The molecule has 70 valence electrons. The van der Waals surface area contributed by atoms with Crippen LogP contribution in [0.2, 0.25) is 0 Å². The van der Waals surface area contributed by atoms with E-state index in [9.17, 15) is 0 Å². The molecule has 2 atom stereocenters. The highest BCUT2D eigenvalue weighted by molar-refractivity contribution is 7.41. The monoisotopic (exact) mass is 190 g/mol. The maximum absolute atomic E-state index is 5.62. The van der Waals surface area contributed by atoms with Crippen molar-refractivity contribution in [3.05, 3.63) is 0 Å². The third-order valence-corrected chi connectivity index (χ3v) is 3.69. The Morgan fingerprint density at radius 3 is 2.58 bits per heavy atom. The van der Waals surface area contributed by atoms with Crippen LogP contribution in [0.15, 0.2) is 0 Å². The van der Waals surface area contributed by atoms with E-state index in [0.29, 0.717) is 18.8 Å². The van der Waals surface area contributed by atoms with Crippen LogP contribution in [0.25, 0.3) is 0 Å². The summed E-state index contributed by atoms with van der Waals surface area (Å²) in [6.45, 7) is 2.66. The largest absolute Gasteiger partial charge is 0.333 e. The quantitative estimate of drug-likeness (QED) is 0.626. The molecule has 2 unspecified atom stereocenters. The summed E-state index contributed by atoms with van der Waals surface area (Å²) < 4.78 is 16.6. The molecule has 1 aliphatic heterocycles. The van der Waals surface area contributed by atoms with E-state index in [0.717, 1.165) is 6.42 Å². The van der Waals surface area contributed by atoms with Gasteiger partial charge in [0.2, 0.25) is 0 Å². The Kier molecular flexibility index (Phi) is 2.97. The smallest absolute Gasteiger partial charge is 0.313 e. The Hall–Kier alpha value is 0.310. The zero-order valence-electron chi connectivity index (χ0n) is 7.36. The summed E-state index contributed by atoms with van der Waals surface area (Å²) in [5.74, 6) is 0. The van der Waals surface area contributed by atoms with Crippen molar-refractivity contribution in [3.8, 4) is 0 Å². The fourth-order valence-electron chi connectivity index (χ4n) is 1.73. The molecule has 0 aromatic rings. The second-order valence-corrected chi connectivity index (χ2v) is 4.39. The molecular weight excluding hydrogens is 175 g/mol. The summed E-state index contributed by atoms with van der Waals surface area (Å²) in [4.78, 5) is 0. The van der Waals surface area contributed by atoms with E-state index in [-0.39, 0.29) is 0 Å². The van der Waals surface area contributed by atoms with Crippen LogP contribution in [0.1, 0.15) is 32.6 Å². The van der Waals surface area contributed by atoms with Crippen molar-refractivity contribution in [2.75, 3.05) is 6.61 Å². The van der Waals surface area contributed by atoms with E-state index in [4.69, 9.17) is 13.6 Å². The normalized spacial score (nSPS) is 41.2. The molecule has 1 aliphatic carbocycles. The van der Waals surface area contributed by atoms with E-state index in [1.54, 1.807) is 0 Å². The average Bonchev–Trinajstić information content (AvgIpc) is 2.04. The number of fused-ring (bicyclic) bond motifs is 2. The van der Waals surface area contributed by atoms with Crippen molar-refractivity contribution < 1.29 is 13.6 Å². The van der Waals surface area contributed by atoms with E-state index in [1.165, 1.54) is 19.3 Å². The van der Waals surface area contributed by atoms with Crippen LogP contribution in [0.4, 0.5) is 0 Å². The molecule has 0 aromatic carbocycles. The third-order valence-electron chi connectivity index (χ3n) is 2.28. The highest BCUT2D eigenvalue weighted by Crippen LogP contribution is 2.50. The van der Waals surface area contributed by atoms with Gasteiger partial charge in [-0.1, -0.05) is 0 Å². The van der Waals surface area contributed by atoms with Crippen LogP contribution in [0.3, 0.4) is 0 Å². The summed E-state index contributed by atoms with van der Waals surface area (Å²) in [5.41, 5.74) is 0. The van der Waals surface area contributed by atoms with Gasteiger partial charge in [-0.05, 0) is 26.2 Å². The second kappa shape index (κ2) is 4.01. The van der Waals surface area contributed by atoms with Gasteiger partial charge in [-0.25, -0.2) is 0 Å². The first-order valence-electron chi connectivity index (χ1n) is 4.65. The standard InChI is InChI=1S/C8H15O3P/c1-2-9-12-10-7-4-3-5-8(6-7)11-12/h7-8H,2-6H2,1H3. The van der Waals surface area contributed by atoms with Crippen LogP contribution in [-0.2, 0) is 13.6 Å². The molecular formula is C8H15O3P. The lowest BCUT2D eigenvalue weighted by molar-refractivity contribution is -0.0113. The Morgan fingerprint density at radius 2 is 2.00 bits per heavy atom. The SMILES string of the molecule is CCOP1OC2CCCC(C2)O1. The van der Waals surface area contributed by atoms with Gasteiger partial charge in [-0.2, -0.15) is 0 Å². The molecule has 0 N–H and O–H groups in total. The van der Waals surface area contributed by atoms with Crippen molar-refractivity contribution in [3.63, 3.8) is 0 Å². The van der Waals surface area contributed by atoms with Gasteiger partial charge < -0.3 is 13.6 Å². The summed E-state index contributed by atoms with van der Waals surface area (Å²) in [6.07, 6.45) is 5.51. The molecule has 1 heterocycles. The minimum atomic E-state index is -1.01. The predicted molar refractivity (Wildman–Crippen MR) is 46.8 cm³/mol. The first-order chi connectivity index (χ1) is 5.88. The minimum Gasteiger partial charge on any atom is -0.313 e. The van der Waals surface area contributed by atoms with Crippen molar-refractivity contribution >= 4 is 8.60 Å². The van der Waals surface area contributed by atoms with E-state index in [1.807, 2.05) is 6.92 Å². The summed E-state index contributed by atoms with van der Waals surface area (Å²) in [5, 5.41) is 0. The molecule has 2 fully saturated rings. The molecule has 12 heavy (non-hydrogen) atoms. The van der Waals surface area contributed by atoms with Gasteiger partial charge in [-0.3, -0.25) is 0 Å². The van der Waals surface area contributed by atoms with E-state index >= 15 is 0 Å². The first-order valence-corrected chi connectivity index (χ1v) is 5.74. The van der Waals surface area contributed by atoms with Crippen LogP contribution < -0.4 is 0 Å². The summed E-state index contributed by atoms with van der Waals surface area (Å²) in [6, 6.07) is 0. The van der Waals surface area contributed by atoms with E-state index < -0.39 is 8.60 Å². The van der Waals surface area contributed by atoms with Gasteiger partial charge in [0.1, 0.15) is 0 Å². The number of rotatable bonds is 2. The minimum absolute atomic E-state index is 0.412. The van der Waals surface area contributed by atoms with Gasteiger partial charge in [-0.15, -0.1) is 0 Å². The molecule has 1 saturated carbocycles. The Labute approximate surface area is 74.4 Å². The molecule has 2 rings (SSSR count). The Bertz CT molecular complexity index is 141. The lowest BCUT2D eigenvalue weighted by Gasteiger charge is -2.37. The third kappa shape index (κ3) is 1.97. The second-order valence-electron chi connectivity index (χ2n) is 3.26. The Morgan fingerprint density at radius 1 is 1.33 bits per heavy atom. The highest BCUT2D eigenvalue weighted by atomic mass is 31.2. The Balaban J connectivity index is 1.87. The first kappa shape index (κ1) is 8.89. The average molecular weight is 190 g/mol. The summed E-state index contributed by atoms with van der Waals surface area (Å²) in [7, 11) is -1.01. The van der Waals surface area contributed by atoms with Crippen LogP contribution in [0, 0.1) is 0 Å². The highest BCUT2D eigenvalue weighted by Gasteiger charge is 2.34. The maximum Gasteiger partial charge on any atom is 0.333 e. The molecule has 0 spiro atoms. The molecule has 2 bridgehead atoms. The molecule has 0 amide bonds. The molecule has 2 aliphatic rings. The molecule has 1 saturated heterocycles. The molecule has 0 aromatic heterocycles. The fourth-order valence-corrected chi connectivity index (χ4v) is 2.98. The van der Waals surface area contributed by atoms with Gasteiger partial charge in [0, 0.05) is 6.42 Å². The zero-order valence-corrected chi connectivity index (χ0v) is 8.26. The van der Waals surface area contributed by atoms with Gasteiger partial charge in [0.05, 0.1) is 18.8 Å². The molecule has 4 heteroatoms. The maximum atomic E-state index is 5.62. The van der Waals surface area contributed by atoms with Crippen LogP contribution >= 0.6 is 8.60 Å². The zero-order chi connectivity index (χ0) is 8.39. The van der Waals surface area contributed by atoms with Gasteiger partial charge in [0.25, 0.3) is 0 Å². The number of hydrogen-bond acceptors (Lipinski definition) is 3.